The van der Waals surface area contributed by atoms with Crippen LogP contribution < -0.4 is 10.1 Å². The average molecular weight is 645 g/mol. The Kier molecular flexibility index (Phi) is 8.01. The van der Waals surface area contributed by atoms with Gasteiger partial charge in [-0.25, -0.2) is 9.37 Å². The lowest BCUT2D eigenvalue weighted by atomic mass is 10.1. The quantitative estimate of drug-likeness (QED) is 0.293. The number of alkyl halides is 1. The summed E-state index contributed by atoms with van der Waals surface area (Å²) in [4.78, 5) is 44.4. The van der Waals surface area contributed by atoms with Crippen LogP contribution in [0.1, 0.15) is 23.7 Å². The van der Waals surface area contributed by atoms with E-state index in [-0.39, 0.29) is 49.7 Å². The molecule has 42 heavy (non-hydrogen) atoms. The number of fused-ring (bicyclic) bond motifs is 2. The summed E-state index contributed by atoms with van der Waals surface area (Å²) in [6.07, 6.45) is -0.783. The number of pyridine rings is 1. The maximum Gasteiger partial charge on any atom is 0.248 e. The van der Waals surface area contributed by atoms with Crippen LogP contribution in [0.25, 0.3) is 10.9 Å². The normalized spacial score (nSPS) is 26.9. The van der Waals surface area contributed by atoms with E-state index >= 15 is 0 Å². The third-order valence-electron chi connectivity index (χ3n) is 7.93. The first-order chi connectivity index (χ1) is 20.2. The molecule has 6 rings (SSSR count). The van der Waals surface area contributed by atoms with Crippen LogP contribution in [0.5, 0.6) is 5.75 Å². The highest BCUT2D eigenvalue weighted by Crippen LogP contribution is 2.33. The summed E-state index contributed by atoms with van der Waals surface area (Å²) in [5, 5.41) is 3.28. The van der Waals surface area contributed by atoms with Gasteiger partial charge in [0.15, 0.2) is 11.9 Å². The van der Waals surface area contributed by atoms with Crippen LogP contribution in [0.4, 0.5) is 10.2 Å². The molecule has 11 nitrogen and oxygen atoms in total. The molecule has 3 aliphatic rings. The third-order valence-corrected chi connectivity index (χ3v) is 8.37. The van der Waals surface area contributed by atoms with Gasteiger partial charge in [0.05, 0.1) is 19.8 Å². The number of halogens is 2. The molecule has 3 aliphatic heterocycles. The predicted molar refractivity (Wildman–Crippen MR) is 152 cm³/mol. The number of anilines is 1. The number of rotatable bonds is 8. The first-order valence-corrected chi connectivity index (χ1v) is 14.4. The highest BCUT2D eigenvalue weighted by molar-refractivity contribution is 9.10. The van der Waals surface area contributed by atoms with Crippen LogP contribution in [0.3, 0.4) is 0 Å². The molecule has 0 spiro atoms. The number of ketones is 1. The largest absolute Gasteiger partial charge is 0.485 e. The number of hydrogen-bond donors (Lipinski definition) is 1. The van der Waals surface area contributed by atoms with Crippen LogP contribution >= 0.6 is 15.9 Å². The molecule has 5 heterocycles. The van der Waals surface area contributed by atoms with Gasteiger partial charge in [0.25, 0.3) is 0 Å². The minimum Gasteiger partial charge on any atom is -0.485 e. The van der Waals surface area contributed by atoms with Crippen LogP contribution in [0, 0.1) is 0 Å². The number of nitrogens with zero attached hydrogens (tertiary/aromatic N) is 3. The maximum absolute atomic E-state index is 14.5. The molecule has 0 radical (unpaired) electrons. The molecule has 13 heteroatoms. The molecule has 222 valence electrons. The van der Waals surface area contributed by atoms with Crippen LogP contribution in [-0.2, 0) is 30.3 Å². The summed E-state index contributed by atoms with van der Waals surface area (Å²) in [6.45, 7) is 1.85. The molecule has 6 atom stereocenters. The number of Topliss-reactive ketones (excluding diaryl/α,β-unsaturated/α-hetero) is 1. The Morgan fingerprint density at radius 3 is 2.64 bits per heavy atom. The Balaban J connectivity index is 1.20. The number of amides is 2. The molecule has 3 saturated heterocycles. The Hall–Kier alpha value is -3.39. The van der Waals surface area contributed by atoms with Crippen molar-refractivity contribution in [3.05, 3.63) is 52.8 Å². The number of methoxy groups -OCH3 is 1. The van der Waals surface area contributed by atoms with Crippen molar-refractivity contribution in [3.63, 3.8) is 0 Å². The van der Waals surface area contributed by atoms with Gasteiger partial charge in [-0.15, -0.1) is 0 Å². The zero-order valence-electron chi connectivity index (χ0n) is 23.0. The summed E-state index contributed by atoms with van der Waals surface area (Å²) in [5.41, 5.74) is 1.05. The summed E-state index contributed by atoms with van der Waals surface area (Å²) in [5.74, 6) is -0.310. The predicted octanol–water partition coefficient (Wildman–Crippen LogP) is 3.14. The van der Waals surface area contributed by atoms with Crippen molar-refractivity contribution in [1.29, 1.82) is 0 Å². The van der Waals surface area contributed by atoms with Gasteiger partial charge >= 0.3 is 0 Å². The molecule has 0 aliphatic carbocycles. The number of carbonyl (C=O) groups is 3. The second-order valence-electron chi connectivity index (χ2n) is 10.7. The van der Waals surface area contributed by atoms with Gasteiger partial charge in [-0.1, -0.05) is 6.07 Å². The van der Waals surface area contributed by atoms with Crippen molar-refractivity contribution in [3.8, 4) is 5.75 Å². The molecule has 0 saturated carbocycles. The molecule has 2 aromatic heterocycles. The molecule has 3 fully saturated rings. The molecule has 3 aromatic rings. The molecule has 1 N–H and O–H groups in total. The standard InChI is InChI=1S/C29H30BrFN4O7/c1-15(36)19-11-34(12-26(37)35-10-16(31)8-21(35)29(38)33-25-5-3-4-24(30)32-25)20-7-6-17(9-18(19)20)42-23-14-41-27-22(39-2)13-40-28(23)27/h3-7,9,11,16,21-23,27-28H,8,10,12-14H2,1-2H3,(H,32,33,38)/t16-,21+,22?,23-,27-,28-/m1/s1. The second kappa shape index (κ2) is 11.7. The van der Waals surface area contributed by atoms with Crippen molar-refractivity contribution < 1.29 is 37.7 Å². The van der Waals surface area contributed by atoms with Gasteiger partial charge < -0.3 is 33.7 Å². The molecular weight excluding hydrogens is 615 g/mol. The van der Waals surface area contributed by atoms with E-state index in [9.17, 15) is 18.8 Å². The zero-order valence-corrected chi connectivity index (χ0v) is 24.6. The van der Waals surface area contributed by atoms with Crippen molar-refractivity contribution in [2.24, 2.45) is 0 Å². The first-order valence-electron chi connectivity index (χ1n) is 13.6. The van der Waals surface area contributed by atoms with Gasteiger partial charge in [-0.2, -0.15) is 0 Å². The van der Waals surface area contributed by atoms with E-state index < -0.39 is 24.0 Å². The van der Waals surface area contributed by atoms with E-state index in [0.29, 0.717) is 45.9 Å². The summed E-state index contributed by atoms with van der Waals surface area (Å²) in [7, 11) is 1.62. The van der Waals surface area contributed by atoms with Crippen molar-refractivity contribution in [2.45, 2.75) is 56.5 Å². The Morgan fingerprint density at radius 1 is 1.14 bits per heavy atom. The number of nitrogens with one attached hydrogen (secondary N) is 1. The lowest BCUT2D eigenvalue weighted by molar-refractivity contribution is -0.137. The topological polar surface area (TPSA) is 121 Å². The highest BCUT2D eigenvalue weighted by Gasteiger charge is 2.49. The van der Waals surface area contributed by atoms with E-state index in [4.69, 9.17) is 18.9 Å². The average Bonchev–Trinajstić information content (AvgIpc) is 3.72. The van der Waals surface area contributed by atoms with Gasteiger partial charge in [0, 0.05) is 36.2 Å². The number of likely N-dealkylation sites (tertiary alicyclic amines) is 1. The Labute approximate surface area is 249 Å². The molecular formula is C29H30BrFN4O7. The van der Waals surface area contributed by atoms with E-state index in [2.05, 4.69) is 26.2 Å². The zero-order chi connectivity index (χ0) is 29.5. The number of ether oxygens (including phenoxy) is 4. The van der Waals surface area contributed by atoms with Crippen LogP contribution in [-0.4, -0.2) is 95.5 Å². The van der Waals surface area contributed by atoms with Crippen LogP contribution in [0.2, 0.25) is 0 Å². The Morgan fingerprint density at radius 2 is 1.90 bits per heavy atom. The second-order valence-corrected chi connectivity index (χ2v) is 11.5. The summed E-state index contributed by atoms with van der Waals surface area (Å²) >= 11 is 3.25. The fraction of sp³-hybridized carbons (Fsp3) is 0.448. The van der Waals surface area contributed by atoms with Crippen molar-refractivity contribution in [1.82, 2.24) is 14.5 Å². The summed E-state index contributed by atoms with van der Waals surface area (Å²) < 4.78 is 40.0. The van der Waals surface area contributed by atoms with Gasteiger partial charge in [0.2, 0.25) is 11.8 Å². The molecule has 1 aromatic carbocycles. The fourth-order valence-electron chi connectivity index (χ4n) is 5.90. The minimum atomic E-state index is -1.34. The minimum absolute atomic E-state index is 0.112. The van der Waals surface area contributed by atoms with Gasteiger partial charge in [0.1, 0.15) is 53.2 Å². The van der Waals surface area contributed by atoms with E-state index in [1.54, 1.807) is 54.3 Å². The fourth-order valence-corrected chi connectivity index (χ4v) is 6.24. The number of aromatic nitrogens is 2. The Bertz CT molecular complexity index is 1530. The van der Waals surface area contributed by atoms with Crippen molar-refractivity contribution >= 4 is 50.2 Å². The van der Waals surface area contributed by atoms with E-state index in [1.807, 2.05) is 0 Å². The lowest BCUT2D eigenvalue weighted by Crippen LogP contribution is -2.44. The highest BCUT2D eigenvalue weighted by atomic mass is 79.9. The first kappa shape index (κ1) is 28.7. The monoisotopic (exact) mass is 644 g/mol. The maximum atomic E-state index is 14.5. The summed E-state index contributed by atoms with van der Waals surface area (Å²) in [6, 6.07) is 9.34. The molecule has 2 amide bonds. The SMILES string of the molecule is COC1CO[C@H]2[C@@H]1OC[C@H]2Oc1ccc2c(c1)c(C(C)=O)cn2CC(=O)N1C[C@H](F)C[C@H]1C(=O)Nc1cccc(Br)n1. The molecule has 0 bridgehead atoms. The number of benzene rings is 1. The van der Waals surface area contributed by atoms with Crippen LogP contribution in [0.15, 0.2) is 47.2 Å². The van der Waals surface area contributed by atoms with Gasteiger partial charge in [-0.05, 0) is 53.2 Å². The number of carbonyl (C=O) groups excluding carboxylic acids is 3. The van der Waals surface area contributed by atoms with E-state index in [1.165, 1.54) is 11.8 Å². The van der Waals surface area contributed by atoms with Gasteiger partial charge in [-0.3, -0.25) is 14.4 Å². The smallest absolute Gasteiger partial charge is 0.248 e. The number of hydrogen-bond acceptors (Lipinski definition) is 8. The molecule has 1 unspecified atom stereocenters. The lowest BCUT2D eigenvalue weighted by Gasteiger charge is -2.24. The van der Waals surface area contributed by atoms with Crippen molar-refractivity contribution in [2.75, 3.05) is 32.2 Å². The van der Waals surface area contributed by atoms with E-state index in [0.717, 1.165) is 0 Å². The third kappa shape index (κ3) is 5.53.